The summed E-state index contributed by atoms with van der Waals surface area (Å²) in [6, 6.07) is 4.96. The maximum atomic E-state index is 13.2. The first kappa shape index (κ1) is 19.7. The Balaban J connectivity index is 1.81. The molecule has 1 aliphatic rings. The van der Waals surface area contributed by atoms with Crippen molar-refractivity contribution in [2.45, 2.75) is 43.4 Å². The molecule has 0 bridgehead atoms. The zero-order chi connectivity index (χ0) is 19.8. The number of methoxy groups -OCH3 is 1. The maximum absolute atomic E-state index is 13.2. The van der Waals surface area contributed by atoms with Crippen LogP contribution in [0.25, 0.3) is 11.3 Å². The summed E-state index contributed by atoms with van der Waals surface area (Å²) in [6.45, 7) is -0.119. The van der Waals surface area contributed by atoms with Crippen molar-refractivity contribution in [1.29, 1.82) is 0 Å². The van der Waals surface area contributed by atoms with Crippen molar-refractivity contribution < 1.29 is 38.0 Å². The second kappa shape index (κ2) is 7.52. The summed E-state index contributed by atoms with van der Waals surface area (Å²) >= 11 is 0. The van der Waals surface area contributed by atoms with Gasteiger partial charge in [-0.3, -0.25) is 0 Å². The van der Waals surface area contributed by atoms with E-state index >= 15 is 0 Å². The van der Waals surface area contributed by atoms with Crippen LogP contribution in [0, 0.1) is 0 Å². The van der Waals surface area contributed by atoms with Gasteiger partial charge in [-0.2, -0.15) is 13.2 Å². The van der Waals surface area contributed by atoms with E-state index in [2.05, 4.69) is 10.3 Å². The third-order valence-corrected chi connectivity index (χ3v) is 4.31. The molecule has 3 N–H and O–H groups in total. The van der Waals surface area contributed by atoms with E-state index in [9.17, 15) is 28.5 Å². The third-order valence-electron chi connectivity index (χ3n) is 4.31. The van der Waals surface area contributed by atoms with E-state index in [1.807, 2.05) is 0 Å². The molecule has 0 amide bonds. The Hall–Kier alpha value is -2.05. The number of ether oxygens (including phenoxy) is 2. The van der Waals surface area contributed by atoms with Crippen molar-refractivity contribution >= 4 is 0 Å². The van der Waals surface area contributed by atoms with E-state index in [1.165, 1.54) is 36.2 Å². The topological polar surface area (TPSA) is 110 Å². The highest BCUT2D eigenvalue weighted by atomic mass is 19.4. The highest BCUT2D eigenvalue weighted by molar-refractivity contribution is 5.63. The lowest BCUT2D eigenvalue weighted by Crippen LogP contribution is -2.58. The van der Waals surface area contributed by atoms with Crippen LogP contribution in [0.4, 0.5) is 13.2 Å². The first-order chi connectivity index (χ1) is 12.7. The predicted molar refractivity (Wildman–Crippen MR) is 84.2 cm³/mol. The first-order valence-corrected chi connectivity index (χ1v) is 8.01. The molecule has 1 aromatic carbocycles. The Morgan fingerprint density at radius 3 is 2.52 bits per heavy atom. The highest BCUT2D eigenvalue weighted by Gasteiger charge is 2.44. The van der Waals surface area contributed by atoms with E-state index in [4.69, 9.17) is 9.47 Å². The molecular weight excluding hydrogens is 371 g/mol. The Kier molecular flexibility index (Phi) is 5.49. The van der Waals surface area contributed by atoms with Gasteiger partial charge in [0, 0.05) is 12.7 Å². The van der Waals surface area contributed by atoms with Gasteiger partial charge in [0.05, 0.1) is 18.3 Å². The quantitative estimate of drug-likeness (QED) is 0.695. The minimum Gasteiger partial charge on any atom is -0.388 e. The summed E-state index contributed by atoms with van der Waals surface area (Å²) in [4.78, 5) is 0. The molecule has 148 valence electrons. The molecular formula is C16H18F3N3O5. The molecule has 1 aliphatic heterocycles. The van der Waals surface area contributed by atoms with Crippen molar-refractivity contribution in [2.24, 2.45) is 0 Å². The van der Waals surface area contributed by atoms with Crippen LogP contribution in [-0.4, -0.2) is 68.1 Å². The van der Waals surface area contributed by atoms with E-state index in [1.54, 1.807) is 0 Å². The fraction of sp³-hybridized carbons (Fsp3) is 0.500. The zero-order valence-electron chi connectivity index (χ0n) is 14.1. The van der Waals surface area contributed by atoms with Gasteiger partial charge in [-0.15, -0.1) is 5.10 Å². The molecule has 1 saturated heterocycles. The number of hydrogen-bond acceptors (Lipinski definition) is 7. The van der Waals surface area contributed by atoms with E-state index in [0.29, 0.717) is 0 Å². The summed E-state index contributed by atoms with van der Waals surface area (Å²) in [5.74, 6) is 0. The van der Waals surface area contributed by atoms with Gasteiger partial charge in [0.1, 0.15) is 30.1 Å². The lowest BCUT2D eigenvalue weighted by Gasteiger charge is -2.39. The van der Waals surface area contributed by atoms with Crippen molar-refractivity contribution in [3.05, 3.63) is 36.0 Å². The summed E-state index contributed by atoms with van der Waals surface area (Å²) in [5, 5.41) is 37.2. The van der Waals surface area contributed by atoms with Gasteiger partial charge >= 0.3 is 6.18 Å². The van der Waals surface area contributed by atoms with E-state index in [0.717, 1.165) is 6.07 Å². The smallest absolute Gasteiger partial charge is 0.388 e. The van der Waals surface area contributed by atoms with Crippen LogP contribution in [0.1, 0.15) is 5.56 Å². The van der Waals surface area contributed by atoms with Crippen molar-refractivity contribution in [3.63, 3.8) is 0 Å². The molecule has 0 unspecified atom stereocenters. The van der Waals surface area contributed by atoms with Crippen molar-refractivity contribution in [2.75, 3.05) is 7.11 Å². The highest BCUT2D eigenvalue weighted by Crippen LogP contribution is 2.36. The van der Waals surface area contributed by atoms with Gasteiger partial charge in [-0.1, -0.05) is 23.4 Å². The molecule has 0 spiro atoms. The largest absolute Gasteiger partial charge is 0.417 e. The molecule has 11 heteroatoms. The second-order valence-corrected chi connectivity index (χ2v) is 6.12. The number of aliphatic hydroxyl groups is 3. The van der Waals surface area contributed by atoms with Gasteiger partial charge in [0.2, 0.25) is 0 Å². The predicted octanol–water partition coefficient (Wildman–Crippen LogP) is 0.418. The average molecular weight is 389 g/mol. The van der Waals surface area contributed by atoms with Crippen LogP contribution in [0.2, 0.25) is 0 Å². The van der Waals surface area contributed by atoms with E-state index in [-0.39, 0.29) is 17.8 Å². The number of rotatable bonds is 4. The van der Waals surface area contributed by atoms with Crippen LogP contribution in [0.3, 0.4) is 0 Å². The Morgan fingerprint density at radius 1 is 1.15 bits per heavy atom. The fourth-order valence-electron chi connectivity index (χ4n) is 2.91. The van der Waals surface area contributed by atoms with Crippen molar-refractivity contribution in [3.8, 4) is 11.3 Å². The Labute approximate surface area is 151 Å². The summed E-state index contributed by atoms with van der Waals surface area (Å²) in [6.07, 6.45) is -9.84. The first-order valence-electron chi connectivity index (χ1n) is 8.01. The number of hydrogen-bond donors (Lipinski definition) is 3. The normalized spacial score (nSPS) is 29.1. The Morgan fingerprint density at radius 2 is 1.85 bits per heavy atom. The minimum atomic E-state index is -4.55. The Bertz CT molecular complexity index is 783. The third kappa shape index (κ3) is 3.96. The van der Waals surface area contributed by atoms with Gasteiger partial charge in [0.25, 0.3) is 0 Å². The standard InChI is InChI=1S/C16H18F3N3O5/c1-26-15-14(25)13(24)12(23)11(27-15)7-22-6-10(20-21-22)8-4-2-3-5-9(8)16(17,18)19/h2-6,11-15,23-25H,7H2,1H3/t11-,12+,13+,14-,15-/m1/s1. The van der Waals surface area contributed by atoms with Gasteiger partial charge in [-0.25, -0.2) is 4.68 Å². The van der Waals surface area contributed by atoms with Crippen LogP contribution >= 0.6 is 0 Å². The molecule has 0 aliphatic carbocycles. The SMILES string of the molecule is CO[C@@H]1O[C@H](Cn2cc(-c3ccccc3C(F)(F)F)nn2)[C@H](O)[C@H](O)[C@H]1O. The molecule has 0 saturated carbocycles. The van der Waals surface area contributed by atoms with Crippen molar-refractivity contribution in [1.82, 2.24) is 15.0 Å². The number of aliphatic hydroxyl groups excluding tert-OH is 3. The summed E-state index contributed by atoms with van der Waals surface area (Å²) in [7, 11) is 1.26. The number of aromatic nitrogens is 3. The zero-order valence-corrected chi connectivity index (χ0v) is 14.1. The maximum Gasteiger partial charge on any atom is 0.417 e. The molecule has 3 rings (SSSR count). The van der Waals surface area contributed by atoms with Crippen LogP contribution in [-0.2, 0) is 22.2 Å². The van der Waals surface area contributed by atoms with Gasteiger partial charge < -0.3 is 24.8 Å². The summed E-state index contributed by atoms with van der Waals surface area (Å²) < 4.78 is 50.9. The average Bonchev–Trinajstić information content (AvgIpc) is 3.10. The molecule has 0 radical (unpaired) electrons. The van der Waals surface area contributed by atoms with Crippen LogP contribution < -0.4 is 0 Å². The number of benzene rings is 1. The van der Waals surface area contributed by atoms with Crippen LogP contribution in [0.15, 0.2) is 30.5 Å². The number of halogens is 3. The molecule has 1 aromatic heterocycles. The molecule has 5 atom stereocenters. The fourth-order valence-corrected chi connectivity index (χ4v) is 2.91. The summed E-state index contributed by atoms with van der Waals surface area (Å²) in [5.41, 5.74) is -0.979. The lowest BCUT2D eigenvalue weighted by molar-refractivity contribution is -0.292. The molecule has 8 nitrogen and oxygen atoms in total. The monoisotopic (exact) mass is 389 g/mol. The number of alkyl halides is 3. The number of nitrogens with zero attached hydrogens (tertiary/aromatic N) is 3. The van der Waals surface area contributed by atoms with Gasteiger partial charge in [-0.05, 0) is 6.07 Å². The van der Waals surface area contributed by atoms with Gasteiger partial charge in [0.15, 0.2) is 6.29 Å². The van der Waals surface area contributed by atoms with Crippen LogP contribution in [0.5, 0.6) is 0 Å². The van der Waals surface area contributed by atoms with E-state index < -0.39 is 42.4 Å². The lowest BCUT2D eigenvalue weighted by atomic mass is 9.99. The minimum absolute atomic E-state index is 0.00269. The molecule has 1 fully saturated rings. The second-order valence-electron chi connectivity index (χ2n) is 6.12. The molecule has 27 heavy (non-hydrogen) atoms. The molecule has 2 aromatic rings. The molecule has 2 heterocycles.